The number of hydrogen-bond acceptors (Lipinski definition) is 3. The number of hydrogen-bond donors (Lipinski definition) is 1. The van der Waals surface area contributed by atoms with Gasteiger partial charge >= 0.3 is 0 Å². The summed E-state index contributed by atoms with van der Waals surface area (Å²) < 4.78 is 13.9. The van der Waals surface area contributed by atoms with Gasteiger partial charge in [-0.25, -0.2) is 9.29 Å². The molecule has 1 N–H and O–H groups in total. The van der Waals surface area contributed by atoms with Gasteiger partial charge in [-0.1, -0.05) is 28.1 Å². The molecule has 0 saturated carbocycles. The topological polar surface area (TPSA) is 49.4 Å². The van der Waals surface area contributed by atoms with Crippen molar-refractivity contribution < 1.29 is 14.0 Å². The average Bonchev–Trinajstić information content (AvgIpc) is 2.83. The quantitative estimate of drug-likeness (QED) is 0.615. The number of amides is 2. The third kappa shape index (κ3) is 3.27. The summed E-state index contributed by atoms with van der Waals surface area (Å²) in [4.78, 5) is 25.9. The zero-order chi connectivity index (χ0) is 17.3. The maximum Gasteiger partial charge on any atom is 0.274 e. The molecule has 0 bridgehead atoms. The van der Waals surface area contributed by atoms with Gasteiger partial charge in [0.25, 0.3) is 11.8 Å². The molecule has 2 aromatic rings. The van der Waals surface area contributed by atoms with Crippen LogP contribution in [0.4, 0.5) is 4.39 Å². The van der Waals surface area contributed by atoms with Crippen LogP contribution in [0, 0.1) is 5.82 Å². The Bertz CT molecular complexity index is 863. The Morgan fingerprint density at radius 3 is 2.38 bits per heavy atom. The lowest BCUT2D eigenvalue weighted by Gasteiger charge is -2.15. The molecular formula is C17H10BrFN2O2S. The van der Waals surface area contributed by atoms with Gasteiger partial charge in [-0.2, -0.15) is 0 Å². The Morgan fingerprint density at radius 2 is 1.75 bits per heavy atom. The highest BCUT2D eigenvalue weighted by Gasteiger charge is 2.35. The maximum atomic E-state index is 13.0. The van der Waals surface area contributed by atoms with Gasteiger partial charge in [0.2, 0.25) is 0 Å². The van der Waals surface area contributed by atoms with E-state index in [2.05, 4.69) is 21.2 Å². The van der Waals surface area contributed by atoms with Crippen molar-refractivity contribution in [2.24, 2.45) is 0 Å². The van der Waals surface area contributed by atoms with Crippen LogP contribution in [0.25, 0.3) is 6.08 Å². The van der Waals surface area contributed by atoms with E-state index in [1.807, 2.05) is 12.1 Å². The van der Waals surface area contributed by atoms with E-state index in [1.54, 1.807) is 18.2 Å². The molecule has 0 unspecified atom stereocenters. The first-order valence-electron chi connectivity index (χ1n) is 6.88. The normalized spacial score (nSPS) is 15.8. The molecule has 120 valence electrons. The third-order valence-electron chi connectivity index (χ3n) is 3.36. The number of benzene rings is 2. The second kappa shape index (κ2) is 6.62. The fourth-order valence-electron chi connectivity index (χ4n) is 2.20. The Balaban J connectivity index is 1.99. The number of nitrogens with zero attached hydrogens (tertiary/aromatic N) is 1. The molecule has 0 aromatic heterocycles. The van der Waals surface area contributed by atoms with E-state index in [1.165, 1.54) is 24.3 Å². The van der Waals surface area contributed by atoms with Crippen molar-refractivity contribution >= 4 is 51.2 Å². The number of nitrogens with one attached hydrogen (secondary N) is 1. The van der Waals surface area contributed by atoms with Crippen LogP contribution in [-0.4, -0.2) is 21.8 Å². The van der Waals surface area contributed by atoms with Crippen molar-refractivity contribution in [2.75, 3.05) is 0 Å². The maximum absolute atomic E-state index is 13.0. The van der Waals surface area contributed by atoms with Crippen molar-refractivity contribution in [1.82, 2.24) is 10.2 Å². The fourth-order valence-corrected chi connectivity index (χ4v) is 2.74. The predicted octanol–water partition coefficient (Wildman–Crippen LogP) is 3.49. The average molecular weight is 405 g/mol. The van der Waals surface area contributed by atoms with Crippen LogP contribution in [0.2, 0.25) is 0 Å². The zero-order valence-corrected chi connectivity index (χ0v) is 14.5. The van der Waals surface area contributed by atoms with Crippen molar-refractivity contribution in [2.45, 2.75) is 0 Å². The molecule has 0 radical (unpaired) electrons. The molecule has 1 saturated heterocycles. The van der Waals surface area contributed by atoms with Gasteiger partial charge in [0.1, 0.15) is 11.5 Å². The largest absolute Gasteiger partial charge is 0.297 e. The lowest BCUT2D eigenvalue weighted by molar-refractivity contribution is -0.115. The van der Waals surface area contributed by atoms with E-state index in [9.17, 15) is 14.0 Å². The smallest absolute Gasteiger partial charge is 0.274 e. The number of carbonyl (C=O) groups excluding carboxylic acids is 2. The number of halogens is 2. The van der Waals surface area contributed by atoms with E-state index in [0.29, 0.717) is 0 Å². The van der Waals surface area contributed by atoms with E-state index in [4.69, 9.17) is 12.2 Å². The number of carbonyl (C=O) groups is 2. The van der Waals surface area contributed by atoms with Gasteiger partial charge in [-0.05, 0) is 60.3 Å². The molecule has 1 heterocycles. The molecule has 2 amide bonds. The zero-order valence-electron chi connectivity index (χ0n) is 12.1. The second-order valence-electron chi connectivity index (χ2n) is 4.99. The Hall–Kier alpha value is -2.38. The fraction of sp³-hybridized carbons (Fsp3) is 0. The Morgan fingerprint density at radius 1 is 1.12 bits per heavy atom. The van der Waals surface area contributed by atoms with E-state index in [-0.39, 0.29) is 16.4 Å². The Labute approximate surface area is 151 Å². The van der Waals surface area contributed by atoms with Crippen molar-refractivity contribution in [3.8, 4) is 0 Å². The summed E-state index contributed by atoms with van der Waals surface area (Å²) >= 11 is 8.42. The monoisotopic (exact) mass is 404 g/mol. The summed E-state index contributed by atoms with van der Waals surface area (Å²) in [5, 5.41) is 2.45. The van der Waals surface area contributed by atoms with Gasteiger partial charge in [0.05, 0.1) is 0 Å². The predicted molar refractivity (Wildman–Crippen MR) is 95.4 cm³/mol. The highest BCUT2D eigenvalue weighted by molar-refractivity contribution is 9.10. The summed E-state index contributed by atoms with van der Waals surface area (Å²) in [6.07, 6.45) is 1.57. The van der Waals surface area contributed by atoms with Crippen LogP contribution >= 0.6 is 28.1 Å². The van der Waals surface area contributed by atoms with Gasteiger partial charge in [0, 0.05) is 10.0 Å². The highest BCUT2D eigenvalue weighted by Crippen LogP contribution is 2.21. The summed E-state index contributed by atoms with van der Waals surface area (Å²) in [7, 11) is 0. The van der Waals surface area contributed by atoms with Gasteiger partial charge in [0.15, 0.2) is 5.11 Å². The van der Waals surface area contributed by atoms with Crippen molar-refractivity contribution in [3.63, 3.8) is 0 Å². The standard InChI is InChI=1S/C17H10BrFN2O2S/c18-12-5-1-10(2-6-12)9-14-15(22)20-17(24)21(14)16(23)11-3-7-13(19)8-4-11/h1-9H,(H,20,22,24). The molecule has 2 aromatic carbocycles. The van der Waals surface area contributed by atoms with E-state index < -0.39 is 17.6 Å². The van der Waals surface area contributed by atoms with Crippen LogP contribution in [-0.2, 0) is 4.79 Å². The Kier molecular flexibility index (Phi) is 4.55. The molecule has 0 spiro atoms. The molecule has 1 aliphatic rings. The summed E-state index contributed by atoms with van der Waals surface area (Å²) in [6, 6.07) is 12.3. The second-order valence-corrected chi connectivity index (χ2v) is 6.29. The molecular weight excluding hydrogens is 395 g/mol. The first kappa shape index (κ1) is 16.5. The minimum atomic E-state index is -0.498. The molecule has 7 heteroatoms. The minimum absolute atomic E-state index is 0.00214. The van der Waals surface area contributed by atoms with E-state index >= 15 is 0 Å². The number of rotatable bonds is 2. The highest BCUT2D eigenvalue weighted by atomic mass is 79.9. The van der Waals surface area contributed by atoms with Crippen LogP contribution in [0.3, 0.4) is 0 Å². The molecule has 1 fully saturated rings. The summed E-state index contributed by atoms with van der Waals surface area (Å²) in [5.74, 6) is -1.41. The van der Waals surface area contributed by atoms with Crippen molar-refractivity contribution in [3.05, 3.63) is 75.6 Å². The molecule has 0 aliphatic carbocycles. The lowest BCUT2D eigenvalue weighted by atomic mass is 10.1. The molecule has 0 atom stereocenters. The molecule has 24 heavy (non-hydrogen) atoms. The summed E-state index contributed by atoms with van der Waals surface area (Å²) in [6.45, 7) is 0. The molecule has 4 nitrogen and oxygen atoms in total. The molecule has 1 aliphatic heterocycles. The third-order valence-corrected chi connectivity index (χ3v) is 4.18. The van der Waals surface area contributed by atoms with Crippen LogP contribution in [0.15, 0.2) is 58.7 Å². The molecule has 3 rings (SSSR count). The van der Waals surface area contributed by atoms with Crippen molar-refractivity contribution in [1.29, 1.82) is 0 Å². The first-order valence-corrected chi connectivity index (χ1v) is 8.08. The van der Waals surface area contributed by atoms with E-state index in [0.717, 1.165) is 14.9 Å². The minimum Gasteiger partial charge on any atom is -0.297 e. The van der Waals surface area contributed by atoms with Crippen LogP contribution < -0.4 is 5.32 Å². The van der Waals surface area contributed by atoms with Gasteiger partial charge < -0.3 is 0 Å². The first-order chi connectivity index (χ1) is 11.5. The van der Waals surface area contributed by atoms with Gasteiger partial charge in [-0.3, -0.25) is 14.9 Å². The lowest BCUT2D eigenvalue weighted by Crippen LogP contribution is -2.33. The van der Waals surface area contributed by atoms with Crippen LogP contribution in [0.5, 0.6) is 0 Å². The van der Waals surface area contributed by atoms with Gasteiger partial charge in [-0.15, -0.1) is 0 Å². The summed E-state index contributed by atoms with van der Waals surface area (Å²) in [5.41, 5.74) is 1.10. The SMILES string of the molecule is O=C1NC(=S)N(C(=O)c2ccc(F)cc2)C1=Cc1ccc(Br)cc1. The van der Waals surface area contributed by atoms with Crippen LogP contribution in [0.1, 0.15) is 15.9 Å². The number of thiocarbonyl (C=S) groups is 1.